The van der Waals surface area contributed by atoms with Crippen molar-refractivity contribution in [2.75, 3.05) is 26.3 Å². The van der Waals surface area contributed by atoms with Crippen molar-refractivity contribution in [1.29, 1.82) is 0 Å². The molecular formula is C23H29NO4. The second kappa shape index (κ2) is 6.87. The highest BCUT2D eigenvalue weighted by Gasteiger charge is 2.59. The third kappa shape index (κ3) is 3.04. The number of benzene rings is 1. The van der Waals surface area contributed by atoms with Gasteiger partial charge in [0, 0.05) is 12.1 Å². The van der Waals surface area contributed by atoms with Crippen molar-refractivity contribution < 1.29 is 19.1 Å². The first-order valence-corrected chi connectivity index (χ1v) is 10.7. The van der Waals surface area contributed by atoms with E-state index >= 15 is 0 Å². The van der Waals surface area contributed by atoms with Crippen LogP contribution in [0.3, 0.4) is 0 Å². The Kier molecular flexibility index (Phi) is 4.46. The number of morpholine rings is 1. The second-order valence-corrected chi connectivity index (χ2v) is 9.29. The third-order valence-electron chi connectivity index (χ3n) is 7.67. The molecule has 0 atom stereocenters. The molecule has 0 N–H and O–H groups in total. The standard InChI is InChI=1S/C23H29NO4/c1-15(25)18-2-4-21(5-3-18)27-13-22(26)24-6-7-28-23(14-24)19-9-16-8-17(11-19)12-20(23)10-16/h2-5,16-17,19-20H,6-14H2,1H3. The van der Waals surface area contributed by atoms with Crippen LogP contribution in [0.2, 0.25) is 0 Å². The van der Waals surface area contributed by atoms with Crippen molar-refractivity contribution in [3.05, 3.63) is 29.8 Å². The van der Waals surface area contributed by atoms with Crippen molar-refractivity contribution >= 4 is 11.7 Å². The molecule has 5 nitrogen and oxygen atoms in total. The number of carbonyl (C=O) groups is 2. The molecule has 1 aromatic carbocycles. The molecule has 28 heavy (non-hydrogen) atoms. The van der Waals surface area contributed by atoms with Gasteiger partial charge in [0.1, 0.15) is 5.75 Å². The van der Waals surface area contributed by atoms with Crippen molar-refractivity contribution in [1.82, 2.24) is 4.90 Å². The monoisotopic (exact) mass is 383 g/mol. The Balaban J connectivity index is 1.23. The van der Waals surface area contributed by atoms with Gasteiger partial charge in [-0.2, -0.15) is 0 Å². The summed E-state index contributed by atoms with van der Waals surface area (Å²) in [6.07, 6.45) is 6.56. The first kappa shape index (κ1) is 18.2. The quantitative estimate of drug-likeness (QED) is 0.749. The fraction of sp³-hybridized carbons (Fsp3) is 0.652. The number of Topliss-reactive ketones (excluding diaryl/α,β-unsaturated/α-hetero) is 1. The second-order valence-electron chi connectivity index (χ2n) is 9.29. The van der Waals surface area contributed by atoms with Crippen LogP contribution < -0.4 is 4.74 Å². The minimum Gasteiger partial charge on any atom is -0.484 e. The molecule has 0 aromatic heterocycles. The van der Waals surface area contributed by atoms with Crippen molar-refractivity contribution in [3.8, 4) is 5.75 Å². The molecule has 1 heterocycles. The number of hydrogen-bond acceptors (Lipinski definition) is 4. The van der Waals surface area contributed by atoms with E-state index in [4.69, 9.17) is 9.47 Å². The van der Waals surface area contributed by atoms with E-state index in [9.17, 15) is 9.59 Å². The number of hydrogen-bond donors (Lipinski definition) is 0. The highest BCUT2D eigenvalue weighted by Crippen LogP contribution is 2.60. The van der Waals surface area contributed by atoms with E-state index in [2.05, 4.69) is 0 Å². The summed E-state index contributed by atoms with van der Waals surface area (Å²) in [5, 5.41) is 0. The molecular weight excluding hydrogens is 354 g/mol. The molecule has 1 amide bonds. The normalized spacial score (nSPS) is 36.0. The smallest absolute Gasteiger partial charge is 0.260 e. The van der Waals surface area contributed by atoms with E-state index in [1.165, 1.54) is 39.0 Å². The van der Waals surface area contributed by atoms with Crippen molar-refractivity contribution in [2.24, 2.45) is 23.7 Å². The number of ether oxygens (including phenoxy) is 2. The summed E-state index contributed by atoms with van der Waals surface area (Å²) in [7, 11) is 0. The minimum absolute atomic E-state index is 0.0249. The van der Waals surface area contributed by atoms with Gasteiger partial charge in [0.05, 0.1) is 18.8 Å². The third-order valence-corrected chi connectivity index (χ3v) is 7.67. The summed E-state index contributed by atoms with van der Waals surface area (Å²) in [6.45, 7) is 3.60. The van der Waals surface area contributed by atoms with Crippen molar-refractivity contribution in [3.63, 3.8) is 0 Å². The summed E-state index contributed by atoms with van der Waals surface area (Å²) in [6, 6.07) is 6.98. The topological polar surface area (TPSA) is 55.8 Å². The molecule has 1 aromatic rings. The maximum Gasteiger partial charge on any atom is 0.260 e. The van der Waals surface area contributed by atoms with Gasteiger partial charge >= 0.3 is 0 Å². The van der Waals surface area contributed by atoms with Crippen LogP contribution in [0.25, 0.3) is 0 Å². The van der Waals surface area contributed by atoms with E-state index < -0.39 is 0 Å². The van der Waals surface area contributed by atoms with Gasteiger partial charge in [0.15, 0.2) is 12.4 Å². The molecule has 1 aliphatic heterocycles. The highest BCUT2D eigenvalue weighted by atomic mass is 16.5. The average molecular weight is 383 g/mol. The molecule has 150 valence electrons. The summed E-state index contributed by atoms with van der Waals surface area (Å²) in [4.78, 5) is 26.2. The maximum absolute atomic E-state index is 12.9. The van der Waals surface area contributed by atoms with Crippen LogP contribution in [0.5, 0.6) is 5.75 Å². The van der Waals surface area contributed by atoms with Gasteiger partial charge < -0.3 is 14.4 Å². The van der Waals surface area contributed by atoms with Crippen LogP contribution in [-0.4, -0.2) is 48.5 Å². The summed E-state index contributed by atoms with van der Waals surface area (Å²) in [5.74, 6) is 3.71. The Morgan fingerprint density at radius 3 is 2.32 bits per heavy atom. The lowest BCUT2D eigenvalue weighted by Gasteiger charge is -2.62. The average Bonchev–Trinajstić information content (AvgIpc) is 2.70. The summed E-state index contributed by atoms with van der Waals surface area (Å²) in [5.41, 5.74) is 0.542. The van der Waals surface area contributed by atoms with Gasteiger partial charge in [0.2, 0.25) is 0 Å². The first-order valence-electron chi connectivity index (χ1n) is 10.7. The highest BCUT2D eigenvalue weighted by molar-refractivity contribution is 5.94. The summed E-state index contributed by atoms with van der Waals surface area (Å²) < 4.78 is 12.2. The zero-order chi connectivity index (χ0) is 19.3. The molecule has 5 heteroatoms. The molecule has 4 bridgehead atoms. The molecule has 1 saturated heterocycles. The Bertz CT molecular complexity index is 743. The largest absolute Gasteiger partial charge is 0.484 e. The van der Waals surface area contributed by atoms with Crippen LogP contribution in [0.4, 0.5) is 0 Å². The molecule has 5 fully saturated rings. The predicted octanol–water partition coefficient (Wildman–Crippen LogP) is 3.32. The zero-order valence-corrected chi connectivity index (χ0v) is 16.6. The molecule has 6 rings (SSSR count). The number of amides is 1. The molecule has 4 aliphatic carbocycles. The lowest BCUT2D eigenvalue weighted by molar-refractivity contribution is -0.232. The lowest BCUT2D eigenvalue weighted by atomic mass is 9.49. The maximum atomic E-state index is 12.9. The van der Waals surface area contributed by atoms with E-state index in [0.717, 1.165) is 18.4 Å². The Labute approximate surface area is 166 Å². The van der Waals surface area contributed by atoms with Gasteiger partial charge in [0.25, 0.3) is 5.91 Å². The van der Waals surface area contributed by atoms with Gasteiger partial charge in [-0.1, -0.05) is 0 Å². The lowest BCUT2D eigenvalue weighted by Crippen LogP contribution is -2.67. The predicted molar refractivity (Wildman–Crippen MR) is 104 cm³/mol. The number of rotatable bonds is 4. The fourth-order valence-corrected chi connectivity index (χ4v) is 6.48. The molecule has 0 unspecified atom stereocenters. The number of nitrogens with zero attached hydrogens (tertiary/aromatic N) is 1. The molecule has 0 radical (unpaired) electrons. The van der Waals surface area contributed by atoms with Crippen molar-refractivity contribution in [2.45, 2.75) is 44.6 Å². The van der Waals surface area contributed by atoms with E-state index in [0.29, 0.717) is 36.3 Å². The molecule has 4 saturated carbocycles. The van der Waals surface area contributed by atoms with Crippen LogP contribution in [-0.2, 0) is 9.53 Å². The van der Waals surface area contributed by atoms with E-state index in [-0.39, 0.29) is 23.9 Å². The van der Waals surface area contributed by atoms with E-state index in [1.54, 1.807) is 24.3 Å². The summed E-state index contributed by atoms with van der Waals surface area (Å²) >= 11 is 0. The zero-order valence-electron chi connectivity index (χ0n) is 16.6. The van der Waals surface area contributed by atoms with Crippen LogP contribution in [0.15, 0.2) is 24.3 Å². The minimum atomic E-state index is -0.107. The fourth-order valence-electron chi connectivity index (χ4n) is 6.48. The Hall–Kier alpha value is -1.88. The molecule has 1 spiro atoms. The van der Waals surface area contributed by atoms with Crippen LogP contribution >= 0.6 is 0 Å². The van der Waals surface area contributed by atoms with Crippen LogP contribution in [0, 0.1) is 23.7 Å². The van der Waals surface area contributed by atoms with Crippen LogP contribution in [0.1, 0.15) is 49.4 Å². The molecule has 5 aliphatic rings. The van der Waals surface area contributed by atoms with Gasteiger partial charge in [-0.15, -0.1) is 0 Å². The Morgan fingerprint density at radius 2 is 1.71 bits per heavy atom. The SMILES string of the molecule is CC(=O)c1ccc(OCC(=O)N2CCOC3(C2)C2CC4CC(C2)CC3C4)cc1. The Morgan fingerprint density at radius 1 is 1.07 bits per heavy atom. The van der Waals surface area contributed by atoms with E-state index in [1.807, 2.05) is 4.90 Å². The number of ketones is 1. The first-order chi connectivity index (χ1) is 13.5. The van der Waals surface area contributed by atoms with Gasteiger partial charge in [-0.05, 0) is 87.0 Å². The number of carbonyl (C=O) groups excluding carboxylic acids is 2. The van der Waals surface area contributed by atoms with Gasteiger partial charge in [-0.25, -0.2) is 0 Å². The van der Waals surface area contributed by atoms with Gasteiger partial charge in [-0.3, -0.25) is 9.59 Å².